The lowest BCUT2D eigenvalue weighted by molar-refractivity contribution is -0.144. The topological polar surface area (TPSA) is 93.7 Å². The van der Waals surface area contributed by atoms with Crippen LogP contribution in [0.2, 0.25) is 0 Å². The molecule has 0 bridgehead atoms. The maximum absolute atomic E-state index is 11.6. The Kier molecular flexibility index (Phi) is 6.77. The summed E-state index contributed by atoms with van der Waals surface area (Å²) in [6, 6.07) is -1.57. The van der Waals surface area contributed by atoms with Gasteiger partial charge in [0.25, 0.3) is 0 Å². The van der Waals surface area contributed by atoms with Gasteiger partial charge in [0, 0.05) is 0 Å². The molecular formula is C11H20N2O5. The molecule has 2 N–H and O–H groups in total. The molecule has 7 nitrogen and oxygen atoms in total. The third-order valence-corrected chi connectivity index (χ3v) is 1.98. The first-order valence-corrected chi connectivity index (χ1v) is 5.63. The molecule has 0 aliphatic carbocycles. The molecule has 0 aliphatic rings. The third-order valence-electron chi connectivity index (χ3n) is 1.98. The summed E-state index contributed by atoms with van der Waals surface area (Å²) in [7, 11) is 1.23. The average Bonchev–Trinajstić information content (AvgIpc) is 2.26. The third kappa shape index (κ3) is 6.07. The van der Waals surface area contributed by atoms with Crippen LogP contribution in [-0.2, 0) is 19.1 Å². The van der Waals surface area contributed by atoms with Crippen LogP contribution in [0.25, 0.3) is 0 Å². The smallest absolute Gasteiger partial charge is 0.408 e. The van der Waals surface area contributed by atoms with E-state index >= 15 is 0 Å². The van der Waals surface area contributed by atoms with E-state index in [-0.39, 0.29) is 6.10 Å². The van der Waals surface area contributed by atoms with Crippen LogP contribution in [0, 0.1) is 0 Å². The fraction of sp³-hybridized carbons (Fsp3) is 0.727. The fourth-order valence-corrected chi connectivity index (χ4v) is 1.06. The zero-order valence-corrected chi connectivity index (χ0v) is 11.3. The van der Waals surface area contributed by atoms with Gasteiger partial charge in [0.15, 0.2) is 0 Å². The van der Waals surface area contributed by atoms with Crippen molar-refractivity contribution in [1.29, 1.82) is 0 Å². The highest BCUT2D eigenvalue weighted by Gasteiger charge is 2.21. The van der Waals surface area contributed by atoms with Gasteiger partial charge in [-0.3, -0.25) is 4.79 Å². The van der Waals surface area contributed by atoms with Gasteiger partial charge in [0.05, 0.1) is 13.2 Å². The van der Waals surface area contributed by atoms with E-state index in [0.717, 1.165) is 0 Å². The summed E-state index contributed by atoms with van der Waals surface area (Å²) in [4.78, 5) is 33.9. The van der Waals surface area contributed by atoms with E-state index in [1.54, 1.807) is 13.8 Å². The summed E-state index contributed by atoms with van der Waals surface area (Å²) in [6.45, 7) is 6.37. The van der Waals surface area contributed by atoms with Crippen molar-refractivity contribution in [3.8, 4) is 0 Å². The summed E-state index contributed by atoms with van der Waals surface area (Å²) in [6.07, 6.45) is -0.951. The Hall–Kier alpha value is -1.79. The van der Waals surface area contributed by atoms with Crippen molar-refractivity contribution in [1.82, 2.24) is 10.6 Å². The number of ether oxygens (including phenoxy) is 2. The van der Waals surface area contributed by atoms with Gasteiger partial charge in [-0.25, -0.2) is 9.59 Å². The van der Waals surface area contributed by atoms with E-state index in [0.29, 0.717) is 0 Å². The largest absolute Gasteiger partial charge is 0.467 e. The number of amides is 2. The number of carbonyl (C=O) groups excluding carboxylic acids is 3. The zero-order chi connectivity index (χ0) is 14.3. The van der Waals surface area contributed by atoms with Crippen molar-refractivity contribution in [2.45, 2.75) is 45.9 Å². The minimum absolute atomic E-state index is 0.269. The van der Waals surface area contributed by atoms with E-state index < -0.39 is 30.1 Å². The van der Waals surface area contributed by atoms with Gasteiger partial charge in [0.1, 0.15) is 12.1 Å². The van der Waals surface area contributed by atoms with Crippen molar-refractivity contribution in [2.24, 2.45) is 0 Å². The van der Waals surface area contributed by atoms with Crippen LogP contribution in [0.4, 0.5) is 4.79 Å². The van der Waals surface area contributed by atoms with E-state index in [4.69, 9.17) is 4.74 Å². The quantitative estimate of drug-likeness (QED) is 0.688. The van der Waals surface area contributed by atoms with Gasteiger partial charge >= 0.3 is 12.1 Å². The predicted octanol–water partition coefficient (Wildman–Crippen LogP) is 0.187. The van der Waals surface area contributed by atoms with Gasteiger partial charge in [-0.15, -0.1) is 0 Å². The van der Waals surface area contributed by atoms with Crippen molar-refractivity contribution in [3.63, 3.8) is 0 Å². The number of methoxy groups -OCH3 is 1. The number of rotatable bonds is 5. The van der Waals surface area contributed by atoms with E-state index in [9.17, 15) is 14.4 Å². The lowest BCUT2D eigenvalue weighted by Crippen LogP contribution is -2.49. The second-order valence-corrected chi connectivity index (χ2v) is 4.07. The van der Waals surface area contributed by atoms with Crippen molar-refractivity contribution < 1.29 is 23.9 Å². The Bertz CT molecular complexity index is 317. The van der Waals surface area contributed by atoms with Crippen molar-refractivity contribution in [3.05, 3.63) is 0 Å². The SMILES string of the molecule is COC(=O)C(C)NC(=O)C(C)NC(=O)OC(C)C. The first kappa shape index (κ1) is 16.2. The Morgan fingerprint density at radius 2 is 1.50 bits per heavy atom. The highest BCUT2D eigenvalue weighted by atomic mass is 16.6. The molecule has 18 heavy (non-hydrogen) atoms. The normalized spacial score (nSPS) is 13.4. The summed E-state index contributed by atoms with van der Waals surface area (Å²) in [5.74, 6) is -1.05. The minimum Gasteiger partial charge on any atom is -0.467 e. The average molecular weight is 260 g/mol. The molecule has 0 saturated carbocycles. The first-order valence-electron chi connectivity index (χ1n) is 5.63. The van der Waals surface area contributed by atoms with Gasteiger partial charge in [-0.1, -0.05) is 0 Å². The van der Waals surface area contributed by atoms with Crippen molar-refractivity contribution in [2.75, 3.05) is 7.11 Å². The number of alkyl carbamates (subject to hydrolysis) is 1. The maximum Gasteiger partial charge on any atom is 0.408 e. The molecule has 0 aromatic carbocycles. The monoisotopic (exact) mass is 260 g/mol. The van der Waals surface area contributed by atoms with Crippen LogP contribution in [0.15, 0.2) is 0 Å². The molecular weight excluding hydrogens is 240 g/mol. The molecule has 0 aliphatic heterocycles. The lowest BCUT2D eigenvalue weighted by atomic mass is 10.2. The molecule has 7 heteroatoms. The summed E-state index contributed by atoms with van der Waals surface area (Å²) in [5.41, 5.74) is 0. The number of nitrogens with one attached hydrogen (secondary N) is 2. The lowest BCUT2D eigenvalue weighted by Gasteiger charge is -2.17. The van der Waals surface area contributed by atoms with Gasteiger partial charge < -0.3 is 20.1 Å². The van der Waals surface area contributed by atoms with Gasteiger partial charge in [-0.05, 0) is 27.7 Å². The van der Waals surface area contributed by atoms with Crippen LogP contribution in [0.5, 0.6) is 0 Å². The number of esters is 1. The van der Waals surface area contributed by atoms with Crippen LogP contribution in [0.1, 0.15) is 27.7 Å². The molecule has 0 heterocycles. The number of hydrogen-bond donors (Lipinski definition) is 2. The Morgan fingerprint density at radius 3 is 1.94 bits per heavy atom. The first-order chi connectivity index (χ1) is 8.27. The summed E-state index contributed by atoms with van der Waals surface area (Å²) >= 11 is 0. The van der Waals surface area contributed by atoms with Crippen LogP contribution in [-0.4, -0.2) is 43.3 Å². The summed E-state index contributed by atoms with van der Waals surface area (Å²) in [5, 5.41) is 4.75. The fourth-order valence-electron chi connectivity index (χ4n) is 1.06. The highest BCUT2D eigenvalue weighted by molar-refractivity contribution is 5.89. The van der Waals surface area contributed by atoms with Gasteiger partial charge in [-0.2, -0.15) is 0 Å². The molecule has 0 spiro atoms. The molecule has 0 radical (unpaired) electrons. The second kappa shape index (κ2) is 7.52. The molecule has 0 fully saturated rings. The van der Waals surface area contributed by atoms with Crippen LogP contribution < -0.4 is 10.6 Å². The van der Waals surface area contributed by atoms with E-state index in [2.05, 4.69) is 15.4 Å². The Morgan fingerprint density at radius 1 is 0.944 bits per heavy atom. The zero-order valence-electron chi connectivity index (χ0n) is 11.3. The Labute approximate surface area is 106 Å². The van der Waals surface area contributed by atoms with E-state index in [1.807, 2.05) is 0 Å². The molecule has 104 valence electrons. The summed E-state index contributed by atoms with van der Waals surface area (Å²) < 4.78 is 9.28. The Balaban J connectivity index is 4.18. The number of carbonyl (C=O) groups is 3. The molecule has 0 saturated heterocycles. The number of hydrogen-bond acceptors (Lipinski definition) is 5. The highest BCUT2D eigenvalue weighted by Crippen LogP contribution is 1.93. The second-order valence-electron chi connectivity index (χ2n) is 4.07. The molecule has 2 amide bonds. The molecule has 0 rings (SSSR count). The molecule has 0 aromatic heterocycles. The molecule has 2 atom stereocenters. The molecule has 0 aromatic rings. The molecule has 2 unspecified atom stereocenters. The minimum atomic E-state index is -0.802. The van der Waals surface area contributed by atoms with Gasteiger partial charge in [0.2, 0.25) is 5.91 Å². The van der Waals surface area contributed by atoms with E-state index in [1.165, 1.54) is 21.0 Å². The maximum atomic E-state index is 11.6. The van der Waals surface area contributed by atoms with Crippen LogP contribution >= 0.6 is 0 Å². The standard InChI is InChI=1S/C11H20N2O5/c1-6(2)18-11(16)13-7(3)9(14)12-8(4)10(15)17-5/h6-8H,1-5H3,(H,12,14)(H,13,16). The van der Waals surface area contributed by atoms with Crippen LogP contribution in [0.3, 0.4) is 0 Å². The van der Waals surface area contributed by atoms with Crippen molar-refractivity contribution >= 4 is 18.0 Å². The predicted molar refractivity (Wildman–Crippen MR) is 63.8 cm³/mol.